The third kappa shape index (κ3) is 3.84. The Kier molecular flexibility index (Phi) is 5.20. The summed E-state index contributed by atoms with van der Waals surface area (Å²) in [5.41, 5.74) is 1.24. The highest BCUT2D eigenvalue weighted by Crippen LogP contribution is 2.15. The molecule has 2 aliphatic heterocycles. The van der Waals surface area contributed by atoms with Crippen LogP contribution in [0.1, 0.15) is 35.7 Å². The zero-order valence-electron chi connectivity index (χ0n) is 14.6. The largest absolute Gasteiger partial charge is 0.449 e. The molecule has 0 aliphatic carbocycles. The van der Waals surface area contributed by atoms with E-state index < -0.39 is 24.0 Å². The number of esters is 1. The number of benzene rings is 1. The Hall–Kier alpha value is -2.90. The third-order valence-electron chi connectivity index (χ3n) is 4.49. The molecule has 26 heavy (non-hydrogen) atoms. The van der Waals surface area contributed by atoms with E-state index >= 15 is 0 Å². The van der Waals surface area contributed by atoms with Crippen molar-refractivity contribution >= 4 is 23.8 Å². The van der Waals surface area contributed by atoms with Crippen LogP contribution < -0.4 is 5.32 Å². The van der Waals surface area contributed by atoms with Crippen LogP contribution in [-0.4, -0.2) is 59.4 Å². The molecule has 0 bridgehead atoms. The minimum Gasteiger partial charge on any atom is -0.449 e. The van der Waals surface area contributed by atoms with Gasteiger partial charge in [0.05, 0.1) is 5.56 Å². The van der Waals surface area contributed by atoms with Gasteiger partial charge in [-0.15, -0.1) is 0 Å². The highest BCUT2D eigenvalue weighted by Gasteiger charge is 2.31. The van der Waals surface area contributed by atoms with Crippen LogP contribution in [-0.2, 0) is 20.9 Å². The zero-order valence-corrected chi connectivity index (χ0v) is 14.6. The molecule has 2 heterocycles. The molecule has 8 heteroatoms. The van der Waals surface area contributed by atoms with Gasteiger partial charge in [0.15, 0.2) is 6.10 Å². The third-order valence-corrected chi connectivity index (χ3v) is 4.49. The van der Waals surface area contributed by atoms with E-state index in [1.54, 1.807) is 29.2 Å². The first-order chi connectivity index (χ1) is 12.5. The molecule has 1 unspecified atom stereocenters. The summed E-state index contributed by atoms with van der Waals surface area (Å²) < 4.78 is 5.17. The van der Waals surface area contributed by atoms with Gasteiger partial charge in [-0.05, 0) is 31.0 Å². The first-order valence-electron chi connectivity index (χ1n) is 8.62. The normalized spacial score (nSPS) is 18.0. The fraction of sp³-hybridized carbons (Fsp3) is 0.444. The van der Waals surface area contributed by atoms with Gasteiger partial charge >= 0.3 is 12.0 Å². The number of carbonyl (C=O) groups excluding carboxylic acids is 4. The summed E-state index contributed by atoms with van der Waals surface area (Å²) in [7, 11) is 0. The van der Waals surface area contributed by atoms with Crippen LogP contribution >= 0.6 is 0 Å². The average Bonchev–Trinajstić information content (AvgIpc) is 3.23. The number of hydrogen-bond acceptors (Lipinski definition) is 5. The van der Waals surface area contributed by atoms with Crippen LogP contribution in [0.5, 0.6) is 0 Å². The number of amides is 4. The summed E-state index contributed by atoms with van der Waals surface area (Å²) in [4.78, 5) is 50.3. The number of urea groups is 1. The van der Waals surface area contributed by atoms with Gasteiger partial charge in [0.2, 0.25) is 5.91 Å². The summed E-state index contributed by atoms with van der Waals surface area (Å²) in [5.74, 6) is -1.03. The molecule has 2 fully saturated rings. The van der Waals surface area contributed by atoms with E-state index in [0.717, 1.165) is 23.4 Å². The smallest absolute Gasteiger partial charge is 0.338 e. The van der Waals surface area contributed by atoms with Crippen LogP contribution in [0.2, 0.25) is 0 Å². The van der Waals surface area contributed by atoms with E-state index in [1.807, 2.05) is 0 Å². The molecular formula is C18H21N3O5. The van der Waals surface area contributed by atoms with Crippen LogP contribution in [0.4, 0.5) is 4.79 Å². The highest BCUT2D eigenvalue weighted by atomic mass is 16.5. The lowest BCUT2D eigenvalue weighted by atomic mass is 10.1. The van der Waals surface area contributed by atoms with Gasteiger partial charge in [-0.25, -0.2) is 9.59 Å². The van der Waals surface area contributed by atoms with Gasteiger partial charge in [-0.2, -0.15) is 0 Å². The zero-order chi connectivity index (χ0) is 18.7. The second-order valence-electron chi connectivity index (χ2n) is 6.39. The van der Waals surface area contributed by atoms with Gasteiger partial charge < -0.3 is 15.0 Å². The van der Waals surface area contributed by atoms with E-state index in [2.05, 4.69) is 5.32 Å². The molecule has 0 saturated carbocycles. The van der Waals surface area contributed by atoms with Crippen LogP contribution in [0, 0.1) is 0 Å². The molecule has 1 aromatic rings. The summed E-state index contributed by atoms with van der Waals surface area (Å²) in [6.45, 7) is 3.38. The number of nitrogens with zero attached hydrogens (tertiary/aromatic N) is 2. The lowest BCUT2D eigenvalue weighted by Crippen LogP contribution is -2.41. The summed E-state index contributed by atoms with van der Waals surface area (Å²) >= 11 is 0. The molecule has 1 atom stereocenters. The number of likely N-dealkylation sites (tertiary alicyclic amines) is 1. The maximum atomic E-state index is 12.2. The van der Waals surface area contributed by atoms with Gasteiger partial charge in [0.25, 0.3) is 5.91 Å². The Morgan fingerprint density at radius 1 is 1.19 bits per heavy atom. The lowest BCUT2D eigenvalue weighted by molar-refractivity contribution is -0.136. The fourth-order valence-electron chi connectivity index (χ4n) is 3.02. The number of rotatable bonds is 5. The number of imide groups is 1. The SMILES string of the molecule is CC(OC(=O)c1ccc(CN2CCCC2=O)cc1)C(=O)N1CCNC1=O. The maximum absolute atomic E-state index is 12.2. The van der Waals surface area contributed by atoms with E-state index in [1.165, 1.54) is 6.92 Å². The molecule has 1 N–H and O–H groups in total. The predicted molar refractivity (Wildman–Crippen MR) is 91.1 cm³/mol. The molecule has 0 aromatic heterocycles. The first kappa shape index (κ1) is 17.9. The van der Waals surface area contributed by atoms with Gasteiger partial charge in [0.1, 0.15) is 0 Å². The Labute approximate surface area is 151 Å². The van der Waals surface area contributed by atoms with Crippen molar-refractivity contribution in [2.75, 3.05) is 19.6 Å². The van der Waals surface area contributed by atoms with Crippen molar-refractivity contribution < 1.29 is 23.9 Å². The van der Waals surface area contributed by atoms with Crippen molar-refractivity contribution in [1.29, 1.82) is 0 Å². The Morgan fingerprint density at radius 2 is 1.92 bits per heavy atom. The van der Waals surface area contributed by atoms with Gasteiger partial charge in [0, 0.05) is 32.6 Å². The highest BCUT2D eigenvalue weighted by molar-refractivity contribution is 5.99. The van der Waals surface area contributed by atoms with Crippen molar-refractivity contribution in [3.63, 3.8) is 0 Å². The summed E-state index contributed by atoms with van der Waals surface area (Å²) in [5, 5.41) is 2.53. The van der Waals surface area contributed by atoms with Crippen molar-refractivity contribution in [2.24, 2.45) is 0 Å². The minimum absolute atomic E-state index is 0.145. The number of carbonyl (C=O) groups is 4. The quantitative estimate of drug-likeness (QED) is 0.788. The van der Waals surface area contributed by atoms with Crippen molar-refractivity contribution in [3.8, 4) is 0 Å². The van der Waals surface area contributed by atoms with Crippen LogP contribution in [0.15, 0.2) is 24.3 Å². The van der Waals surface area contributed by atoms with Crippen molar-refractivity contribution in [2.45, 2.75) is 32.4 Å². The van der Waals surface area contributed by atoms with Crippen LogP contribution in [0.3, 0.4) is 0 Å². The second kappa shape index (κ2) is 7.55. The molecule has 2 saturated heterocycles. The Balaban J connectivity index is 1.56. The van der Waals surface area contributed by atoms with Crippen LogP contribution in [0.25, 0.3) is 0 Å². The number of ether oxygens (including phenoxy) is 1. The topological polar surface area (TPSA) is 96.0 Å². The van der Waals surface area contributed by atoms with Crippen molar-refractivity contribution in [3.05, 3.63) is 35.4 Å². The van der Waals surface area contributed by atoms with E-state index in [9.17, 15) is 19.2 Å². The van der Waals surface area contributed by atoms with Gasteiger partial charge in [-0.3, -0.25) is 14.5 Å². The molecule has 4 amide bonds. The molecule has 3 rings (SSSR count). The van der Waals surface area contributed by atoms with E-state index in [4.69, 9.17) is 4.74 Å². The average molecular weight is 359 g/mol. The predicted octanol–water partition coefficient (Wildman–Crippen LogP) is 0.906. The maximum Gasteiger partial charge on any atom is 0.338 e. The molecule has 0 spiro atoms. The first-order valence-corrected chi connectivity index (χ1v) is 8.62. The standard InChI is InChI=1S/C18H21N3O5/c1-12(16(23)21-10-8-19-18(21)25)26-17(24)14-6-4-13(5-7-14)11-20-9-2-3-15(20)22/h4-7,12H,2-3,8-11H2,1H3,(H,19,25). The number of hydrogen-bond donors (Lipinski definition) is 1. The number of nitrogens with one attached hydrogen (secondary N) is 1. The van der Waals surface area contributed by atoms with E-state index in [-0.39, 0.29) is 12.5 Å². The molecule has 2 aliphatic rings. The monoisotopic (exact) mass is 359 g/mol. The Morgan fingerprint density at radius 3 is 2.50 bits per heavy atom. The molecule has 8 nitrogen and oxygen atoms in total. The second-order valence-corrected chi connectivity index (χ2v) is 6.39. The summed E-state index contributed by atoms with van der Waals surface area (Å²) in [6.07, 6.45) is 0.420. The Bertz CT molecular complexity index is 731. The fourth-order valence-corrected chi connectivity index (χ4v) is 3.02. The minimum atomic E-state index is -1.05. The molecule has 0 radical (unpaired) electrons. The summed E-state index contributed by atoms with van der Waals surface area (Å²) in [6, 6.07) is 6.28. The van der Waals surface area contributed by atoms with Crippen molar-refractivity contribution in [1.82, 2.24) is 15.1 Å². The molecular weight excluding hydrogens is 338 g/mol. The van der Waals surface area contributed by atoms with E-state index in [0.29, 0.717) is 25.1 Å². The lowest BCUT2D eigenvalue weighted by Gasteiger charge is -2.18. The molecule has 1 aromatic carbocycles. The van der Waals surface area contributed by atoms with Gasteiger partial charge in [-0.1, -0.05) is 12.1 Å². The molecule has 138 valence electrons.